The van der Waals surface area contributed by atoms with Crippen LogP contribution in [0.15, 0.2) is 30.6 Å². The van der Waals surface area contributed by atoms with Crippen molar-refractivity contribution < 1.29 is 9.90 Å². The van der Waals surface area contributed by atoms with Crippen molar-refractivity contribution in [3.05, 3.63) is 36.2 Å². The van der Waals surface area contributed by atoms with E-state index in [1.165, 1.54) is 6.33 Å². The van der Waals surface area contributed by atoms with E-state index in [-0.39, 0.29) is 24.0 Å². The molecule has 22 heavy (non-hydrogen) atoms. The molecular formula is C16H20N4O2. The van der Waals surface area contributed by atoms with E-state index in [4.69, 9.17) is 0 Å². The first kappa shape index (κ1) is 14.7. The number of amides is 1. The molecular weight excluding hydrogens is 280 g/mol. The minimum absolute atomic E-state index is 0.0129. The van der Waals surface area contributed by atoms with Gasteiger partial charge in [-0.2, -0.15) is 5.10 Å². The molecule has 1 aromatic heterocycles. The number of aliphatic hydroxyl groups is 1. The highest BCUT2D eigenvalue weighted by Crippen LogP contribution is 2.37. The second-order valence-electron chi connectivity index (χ2n) is 6.15. The molecule has 1 heterocycles. The van der Waals surface area contributed by atoms with Gasteiger partial charge in [0.15, 0.2) is 5.82 Å². The van der Waals surface area contributed by atoms with Crippen molar-refractivity contribution in [2.24, 2.45) is 5.41 Å². The summed E-state index contributed by atoms with van der Waals surface area (Å²) in [5.41, 5.74) is 1.18. The molecule has 0 radical (unpaired) electrons. The van der Waals surface area contributed by atoms with Crippen LogP contribution in [0.5, 0.6) is 0 Å². The van der Waals surface area contributed by atoms with E-state index in [1.807, 2.05) is 19.1 Å². The fraction of sp³-hybridized carbons (Fsp3) is 0.438. The molecule has 2 aromatic rings. The molecule has 0 aliphatic heterocycles. The molecule has 3 N–H and O–H groups in total. The summed E-state index contributed by atoms with van der Waals surface area (Å²) >= 11 is 0. The van der Waals surface area contributed by atoms with Crippen LogP contribution in [0.3, 0.4) is 0 Å². The highest BCUT2D eigenvalue weighted by Gasteiger charge is 2.39. The van der Waals surface area contributed by atoms with Gasteiger partial charge in [-0.3, -0.25) is 9.89 Å². The maximum Gasteiger partial charge on any atom is 0.251 e. The third-order valence-corrected chi connectivity index (χ3v) is 4.56. The van der Waals surface area contributed by atoms with Crippen LogP contribution in [0.25, 0.3) is 11.4 Å². The van der Waals surface area contributed by atoms with Crippen LogP contribution in [-0.2, 0) is 0 Å². The van der Waals surface area contributed by atoms with Crippen molar-refractivity contribution in [2.75, 3.05) is 6.61 Å². The Labute approximate surface area is 129 Å². The van der Waals surface area contributed by atoms with Crippen LogP contribution in [-0.4, -0.2) is 38.8 Å². The normalized spacial score (nSPS) is 24.4. The highest BCUT2D eigenvalue weighted by molar-refractivity contribution is 5.95. The fourth-order valence-corrected chi connectivity index (χ4v) is 3.06. The average Bonchev–Trinajstić information content (AvgIpc) is 3.19. The van der Waals surface area contributed by atoms with Gasteiger partial charge in [0.2, 0.25) is 0 Å². The fourth-order valence-electron chi connectivity index (χ4n) is 3.06. The quantitative estimate of drug-likeness (QED) is 0.802. The van der Waals surface area contributed by atoms with E-state index >= 15 is 0 Å². The number of aliphatic hydroxyl groups excluding tert-OH is 1. The molecule has 6 heteroatoms. The lowest BCUT2D eigenvalue weighted by molar-refractivity contribution is 0.0830. The van der Waals surface area contributed by atoms with Crippen molar-refractivity contribution in [2.45, 2.75) is 32.2 Å². The lowest BCUT2D eigenvalue weighted by atomic mass is 9.85. The van der Waals surface area contributed by atoms with Crippen LogP contribution in [0.2, 0.25) is 0 Å². The van der Waals surface area contributed by atoms with E-state index in [2.05, 4.69) is 20.5 Å². The van der Waals surface area contributed by atoms with Crippen molar-refractivity contribution >= 4 is 5.91 Å². The van der Waals surface area contributed by atoms with Crippen molar-refractivity contribution in [1.82, 2.24) is 20.5 Å². The highest BCUT2D eigenvalue weighted by atomic mass is 16.3. The first-order chi connectivity index (χ1) is 10.6. The number of carbonyl (C=O) groups excluding carboxylic acids is 1. The Kier molecular flexibility index (Phi) is 3.94. The first-order valence-electron chi connectivity index (χ1n) is 7.50. The summed E-state index contributed by atoms with van der Waals surface area (Å²) in [5, 5.41) is 19.3. The minimum Gasteiger partial charge on any atom is -0.396 e. The van der Waals surface area contributed by atoms with E-state index in [9.17, 15) is 9.90 Å². The Balaban J connectivity index is 1.77. The lowest BCUT2D eigenvalue weighted by Crippen LogP contribution is -2.44. The van der Waals surface area contributed by atoms with Gasteiger partial charge in [0, 0.05) is 22.6 Å². The van der Waals surface area contributed by atoms with Gasteiger partial charge in [0.1, 0.15) is 6.33 Å². The molecule has 6 nitrogen and oxygen atoms in total. The van der Waals surface area contributed by atoms with Gasteiger partial charge in [-0.15, -0.1) is 0 Å². The Morgan fingerprint density at radius 3 is 3.14 bits per heavy atom. The average molecular weight is 300 g/mol. The number of aromatic nitrogens is 3. The first-order valence-corrected chi connectivity index (χ1v) is 7.50. The van der Waals surface area contributed by atoms with E-state index in [1.54, 1.807) is 12.1 Å². The summed E-state index contributed by atoms with van der Waals surface area (Å²) in [6, 6.07) is 7.29. The van der Waals surface area contributed by atoms with Crippen LogP contribution < -0.4 is 5.32 Å². The maximum atomic E-state index is 12.5. The number of nitrogens with one attached hydrogen (secondary N) is 2. The molecule has 0 bridgehead atoms. The maximum absolute atomic E-state index is 12.5. The van der Waals surface area contributed by atoms with E-state index in [0.717, 1.165) is 24.8 Å². The summed E-state index contributed by atoms with van der Waals surface area (Å²) in [4.78, 5) is 16.6. The van der Waals surface area contributed by atoms with Crippen LogP contribution in [0.4, 0.5) is 0 Å². The predicted molar refractivity (Wildman–Crippen MR) is 82.1 cm³/mol. The number of H-pyrrole nitrogens is 1. The van der Waals surface area contributed by atoms with Crippen LogP contribution in [0, 0.1) is 5.41 Å². The molecule has 1 saturated carbocycles. The molecule has 0 spiro atoms. The minimum atomic E-state index is -0.224. The van der Waals surface area contributed by atoms with Gasteiger partial charge < -0.3 is 10.4 Å². The molecule has 0 saturated heterocycles. The molecule has 3 rings (SSSR count). The zero-order chi connectivity index (χ0) is 15.6. The number of benzene rings is 1. The predicted octanol–water partition coefficient (Wildman–Crippen LogP) is 1.75. The Hall–Kier alpha value is -2.21. The van der Waals surface area contributed by atoms with Gasteiger partial charge in [0.05, 0.1) is 6.61 Å². The zero-order valence-electron chi connectivity index (χ0n) is 12.5. The monoisotopic (exact) mass is 300 g/mol. The second kappa shape index (κ2) is 5.88. The third kappa shape index (κ3) is 2.74. The number of hydrogen-bond donors (Lipinski definition) is 3. The molecule has 2 atom stereocenters. The van der Waals surface area contributed by atoms with Crippen molar-refractivity contribution in [1.29, 1.82) is 0 Å². The number of nitrogens with zero attached hydrogens (tertiary/aromatic N) is 2. The number of aromatic amines is 1. The standard InChI is InChI=1S/C16H20N4O2/c1-16(9-21)7-3-6-13(16)19-15(22)12-5-2-4-11(8-12)14-17-10-18-20-14/h2,4-5,8,10,13,21H,3,6-7,9H2,1H3,(H,19,22)(H,17,18,20). The van der Waals surface area contributed by atoms with Crippen molar-refractivity contribution in [3.8, 4) is 11.4 Å². The zero-order valence-corrected chi connectivity index (χ0v) is 12.5. The molecule has 2 unspecified atom stereocenters. The number of hydrogen-bond acceptors (Lipinski definition) is 4. The summed E-state index contributed by atoms with van der Waals surface area (Å²) < 4.78 is 0. The second-order valence-corrected chi connectivity index (χ2v) is 6.15. The van der Waals surface area contributed by atoms with Gasteiger partial charge in [-0.25, -0.2) is 4.98 Å². The third-order valence-electron chi connectivity index (χ3n) is 4.56. The van der Waals surface area contributed by atoms with Gasteiger partial charge >= 0.3 is 0 Å². The Morgan fingerprint density at radius 2 is 2.41 bits per heavy atom. The van der Waals surface area contributed by atoms with Crippen molar-refractivity contribution in [3.63, 3.8) is 0 Å². The summed E-state index contributed by atoms with van der Waals surface area (Å²) in [6.07, 6.45) is 4.31. The van der Waals surface area contributed by atoms with Crippen LogP contribution >= 0.6 is 0 Å². The topological polar surface area (TPSA) is 90.9 Å². The van der Waals surface area contributed by atoms with Crippen LogP contribution in [0.1, 0.15) is 36.5 Å². The number of rotatable bonds is 4. The van der Waals surface area contributed by atoms with Gasteiger partial charge in [0.25, 0.3) is 5.91 Å². The summed E-state index contributed by atoms with van der Waals surface area (Å²) in [7, 11) is 0. The molecule has 1 aliphatic carbocycles. The largest absolute Gasteiger partial charge is 0.396 e. The smallest absolute Gasteiger partial charge is 0.251 e. The molecule has 1 fully saturated rings. The lowest BCUT2D eigenvalue weighted by Gasteiger charge is -2.30. The SMILES string of the molecule is CC1(CO)CCCC1NC(=O)c1cccc(-c2ncn[nH]2)c1. The Morgan fingerprint density at radius 1 is 1.55 bits per heavy atom. The summed E-state index contributed by atoms with van der Waals surface area (Å²) in [6.45, 7) is 2.12. The number of carbonyl (C=O) groups is 1. The molecule has 1 aliphatic rings. The Bertz CT molecular complexity index is 656. The molecule has 116 valence electrons. The summed E-state index contributed by atoms with van der Waals surface area (Å²) in [5.74, 6) is 0.517. The molecule has 1 aromatic carbocycles. The van der Waals surface area contributed by atoms with E-state index in [0.29, 0.717) is 11.4 Å². The molecule has 1 amide bonds. The van der Waals surface area contributed by atoms with Gasteiger partial charge in [-0.1, -0.05) is 25.5 Å². The van der Waals surface area contributed by atoms with E-state index < -0.39 is 0 Å². The van der Waals surface area contributed by atoms with Gasteiger partial charge in [-0.05, 0) is 25.0 Å².